The van der Waals surface area contributed by atoms with Crippen LogP contribution in [0.3, 0.4) is 0 Å². The number of carbonyl (C=O) groups is 1. The maximum absolute atomic E-state index is 12.1. The SMILES string of the molecule is Cc1ccc2c(c1)oc(=O)n2C(=O)c1ccco1. The van der Waals surface area contributed by atoms with E-state index in [4.69, 9.17) is 8.83 Å². The number of hydrogen-bond donors (Lipinski definition) is 0. The van der Waals surface area contributed by atoms with Crippen molar-refractivity contribution in [2.75, 3.05) is 0 Å². The van der Waals surface area contributed by atoms with Gasteiger partial charge in [-0.25, -0.2) is 9.36 Å². The molecule has 0 aliphatic heterocycles. The van der Waals surface area contributed by atoms with Crippen LogP contribution in [0.25, 0.3) is 11.1 Å². The molecule has 3 aromatic rings. The lowest BCUT2D eigenvalue weighted by molar-refractivity contribution is 0.0929. The van der Waals surface area contributed by atoms with E-state index >= 15 is 0 Å². The predicted molar refractivity (Wildman–Crippen MR) is 63.6 cm³/mol. The van der Waals surface area contributed by atoms with Gasteiger partial charge in [0.15, 0.2) is 11.3 Å². The van der Waals surface area contributed by atoms with Gasteiger partial charge in [0.25, 0.3) is 0 Å². The molecule has 0 fully saturated rings. The first-order chi connectivity index (χ1) is 8.66. The Morgan fingerprint density at radius 2 is 2.11 bits per heavy atom. The summed E-state index contributed by atoms with van der Waals surface area (Å²) in [4.78, 5) is 23.8. The summed E-state index contributed by atoms with van der Waals surface area (Å²) in [5, 5.41) is 0. The molecule has 90 valence electrons. The highest BCUT2D eigenvalue weighted by molar-refractivity contribution is 5.98. The van der Waals surface area contributed by atoms with Crippen LogP contribution in [0, 0.1) is 6.92 Å². The quantitative estimate of drug-likeness (QED) is 0.657. The van der Waals surface area contributed by atoms with Gasteiger partial charge < -0.3 is 8.83 Å². The molecule has 0 saturated carbocycles. The highest BCUT2D eigenvalue weighted by Gasteiger charge is 2.19. The minimum absolute atomic E-state index is 0.0976. The minimum atomic E-state index is -0.711. The molecular formula is C13H9NO4. The molecule has 5 heteroatoms. The van der Waals surface area contributed by atoms with Gasteiger partial charge in [0.2, 0.25) is 0 Å². The third kappa shape index (κ3) is 1.48. The second-order valence-electron chi connectivity index (χ2n) is 3.96. The first-order valence-electron chi connectivity index (χ1n) is 5.37. The van der Waals surface area contributed by atoms with Gasteiger partial charge in [-0.05, 0) is 36.8 Å². The van der Waals surface area contributed by atoms with Crippen molar-refractivity contribution in [1.29, 1.82) is 0 Å². The van der Waals surface area contributed by atoms with E-state index < -0.39 is 11.7 Å². The topological polar surface area (TPSA) is 65.3 Å². The fourth-order valence-electron chi connectivity index (χ4n) is 1.83. The number of rotatable bonds is 1. The fourth-order valence-corrected chi connectivity index (χ4v) is 1.83. The van der Waals surface area contributed by atoms with Crippen LogP contribution in [0.15, 0.2) is 50.2 Å². The number of nitrogens with zero attached hydrogens (tertiary/aromatic N) is 1. The Bertz CT molecular complexity index is 777. The van der Waals surface area contributed by atoms with Crippen molar-refractivity contribution in [2.45, 2.75) is 6.92 Å². The maximum atomic E-state index is 12.1. The Kier molecular flexibility index (Phi) is 2.19. The zero-order chi connectivity index (χ0) is 12.7. The summed E-state index contributed by atoms with van der Waals surface area (Å²) < 4.78 is 11.0. The van der Waals surface area contributed by atoms with E-state index in [1.54, 1.807) is 18.2 Å². The zero-order valence-corrected chi connectivity index (χ0v) is 9.54. The van der Waals surface area contributed by atoms with E-state index in [1.807, 2.05) is 13.0 Å². The smallest absolute Gasteiger partial charge is 0.427 e. The summed E-state index contributed by atoms with van der Waals surface area (Å²) in [6.07, 6.45) is 1.38. The molecule has 0 aliphatic rings. The summed E-state index contributed by atoms with van der Waals surface area (Å²) in [5.41, 5.74) is 1.78. The van der Waals surface area contributed by atoms with E-state index in [2.05, 4.69) is 0 Å². The summed E-state index contributed by atoms with van der Waals surface area (Å²) in [5.74, 6) is -1.15. The molecule has 0 bridgehead atoms. The van der Waals surface area contributed by atoms with Gasteiger partial charge in [0.05, 0.1) is 11.8 Å². The maximum Gasteiger partial charge on any atom is 0.427 e. The molecule has 2 heterocycles. The molecule has 0 aliphatic carbocycles. The number of oxazole rings is 1. The van der Waals surface area contributed by atoms with Gasteiger partial charge in [0, 0.05) is 0 Å². The van der Waals surface area contributed by atoms with Gasteiger partial charge in [0.1, 0.15) is 0 Å². The number of carbonyl (C=O) groups excluding carboxylic acids is 1. The summed E-state index contributed by atoms with van der Waals surface area (Å²) in [6, 6.07) is 8.29. The molecule has 3 rings (SSSR count). The number of benzene rings is 1. The number of hydrogen-bond acceptors (Lipinski definition) is 4. The summed E-state index contributed by atoms with van der Waals surface area (Å²) in [6.45, 7) is 1.88. The van der Waals surface area contributed by atoms with Crippen molar-refractivity contribution in [3.05, 3.63) is 58.5 Å². The first kappa shape index (κ1) is 10.6. The van der Waals surface area contributed by atoms with Gasteiger partial charge in [-0.1, -0.05) is 6.07 Å². The van der Waals surface area contributed by atoms with Crippen molar-refractivity contribution in [3.8, 4) is 0 Å². The average Bonchev–Trinajstić information content (AvgIpc) is 2.94. The zero-order valence-electron chi connectivity index (χ0n) is 9.54. The van der Waals surface area contributed by atoms with Crippen LogP contribution < -0.4 is 5.76 Å². The van der Waals surface area contributed by atoms with Crippen LogP contribution in [-0.2, 0) is 0 Å². The lowest BCUT2D eigenvalue weighted by Gasteiger charge is -1.97. The minimum Gasteiger partial charge on any atom is -0.459 e. The Morgan fingerprint density at radius 3 is 2.83 bits per heavy atom. The van der Waals surface area contributed by atoms with Gasteiger partial charge in [-0.15, -0.1) is 0 Å². The molecule has 0 spiro atoms. The van der Waals surface area contributed by atoms with Crippen LogP contribution in [0.2, 0.25) is 0 Å². The van der Waals surface area contributed by atoms with E-state index in [1.165, 1.54) is 12.3 Å². The standard InChI is InChI=1S/C13H9NO4/c1-8-4-5-9-11(7-8)18-13(16)14(9)12(15)10-3-2-6-17-10/h2-7H,1H3. The van der Waals surface area contributed by atoms with Crippen LogP contribution in [0.5, 0.6) is 0 Å². The second-order valence-corrected chi connectivity index (χ2v) is 3.96. The Labute approximate surface area is 101 Å². The van der Waals surface area contributed by atoms with Gasteiger partial charge in [-0.2, -0.15) is 0 Å². The Hall–Kier alpha value is -2.56. The molecule has 0 saturated heterocycles. The molecule has 1 aromatic carbocycles. The van der Waals surface area contributed by atoms with Crippen LogP contribution in [-0.4, -0.2) is 10.5 Å². The molecule has 0 amide bonds. The van der Waals surface area contributed by atoms with Crippen molar-refractivity contribution in [2.24, 2.45) is 0 Å². The van der Waals surface area contributed by atoms with Crippen LogP contribution in [0.1, 0.15) is 16.1 Å². The lowest BCUT2D eigenvalue weighted by atomic mass is 10.2. The highest BCUT2D eigenvalue weighted by atomic mass is 16.4. The Morgan fingerprint density at radius 1 is 1.28 bits per heavy atom. The first-order valence-corrected chi connectivity index (χ1v) is 5.37. The van der Waals surface area contributed by atoms with E-state index in [9.17, 15) is 9.59 Å². The molecule has 18 heavy (non-hydrogen) atoms. The van der Waals surface area contributed by atoms with Gasteiger partial charge >= 0.3 is 11.7 Å². The van der Waals surface area contributed by atoms with Crippen LogP contribution >= 0.6 is 0 Å². The molecule has 0 N–H and O–H groups in total. The van der Waals surface area contributed by atoms with Crippen molar-refractivity contribution < 1.29 is 13.6 Å². The molecule has 0 atom stereocenters. The van der Waals surface area contributed by atoms with E-state index in [0.717, 1.165) is 10.1 Å². The summed E-state index contributed by atoms with van der Waals surface area (Å²) >= 11 is 0. The van der Waals surface area contributed by atoms with Crippen LogP contribution in [0.4, 0.5) is 0 Å². The van der Waals surface area contributed by atoms with E-state index in [-0.39, 0.29) is 5.76 Å². The van der Waals surface area contributed by atoms with Crippen molar-refractivity contribution in [3.63, 3.8) is 0 Å². The molecule has 5 nitrogen and oxygen atoms in total. The highest BCUT2D eigenvalue weighted by Crippen LogP contribution is 2.16. The molecule has 0 unspecified atom stereocenters. The van der Waals surface area contributed by atoms with Crippen molar-refractivity contribution in [1.82, 2.24) is 4.57 Å². The lowest BCUT2D eigenvalue weighted by Crippen LogP contribution is -2.22. The number of furan rings is 1. The predicted octanol–water partition coefficient (Wildman–Crippen LogP) is 2.18. The molecule has 2 aromatic heterocycles. The molecule has 0 radical (unpaired) electrons. The largest absolute Gasteiger partial charge is 0.459 e. The monoisotopic (exact) mass is 243 g/mol. The number of aromatic nitrogens is 1. The summed E-state index contributed by atoms with van der Waals surface area (Å²) in [7, 11) is 0. The number of aryl methyl sites for hydroxylation is 1. The average molecular weight is 243 g/mol. The normalized spacial score (nSPS) is 10.9. The van der Waals surface area contributed by atoms with Crippen molar-refractivity contribution >= 4 is 17.0 Å². The van der Waals surface area contributed by atoms with Gasteiger partial charge in [-0.3, -0.25) is 4.79 Å². The molecular weight excluding hydrogens is 234 g/mol. The fraction of sp³-hybridized carbons (Fsp3) is 0.0769. The number of fused-ring (bicyclic) bond motifs is 1. The second kappa shape index (κ2) is 3.73. The Balaban J connectivity index is 2.26. The third-order valence-corrected chi connectivity index (χ3v) is 2.67. The third-order valence-electron chi connectivity index (χ3n) is 2.67. The van der Waals surface area contributed by atoms with E-state index in [0.29, 0.717) is 11.1 Å².